The maximum absolute atomic E-state index is 14.0. The zero-order valence-electron chi connectivity index (χ0n) is 41.9. The van der Waals surface area contributed by atoms with E-state index in [1.54, 1.807) is 0 Å². The number of carbonyl (C=O) groups excluding carboxylic acids is 3. The van der Waals surface area contributed by atoms with Crippen molar-refractivity contribution >= 4 is 39.2 Å². The molecule has 0 radical (unpaired) electrons. The molecule has 0 spiro atoms. The number of ether oxygens (including phenoxy) is 3. The molecule has 0 aromatic carbocycles. The van der Waals surface area contributed by atoms with E-state index in [-0.39, 0.29) is 25.1 Å². The molecule has 2 bridgehead atoms. The molecule has 0 saturated carbocycles. The summed E-state index contributed by atoms with van der Waals surface area (Å²) in [6, 6.07) is 1.24. The van der Waals surface area contributed by atoms with Crippen LogP contribution in [0.25, 0.3) is 0 Å². The molecule has 23 heteroatoms. The predicted molar refractivity (Wildman–Crippen MR) is 262 cm³/mol. The Morgan fingerprint density at radius 3 is 2.13 bits per heavy atom. The average Bonchev–Trinajstić information content (AvgIpc) is 3.29. The molecule has 21 nitrogen and oxygen atoms in total. The number of phosphoric acid groups is 2. The third kappa shape index (κ3) is 24.8. The van der Waals surface area contributed by atoms with Gasteiger partial charge in [0.05, 0.1) is 37.4 Å². The summed E-state index contributed by atoms with van der Waals surface area (Å²) in [6.45, 7) is 3.74. The van der Waals surface area contributed by atoms with E-state index in [0.29, 0.717) is 44.9 Å². The first-order valence-electron chi connectivity index (χ1n) is 25.7. The van der Waals surface area contributed by atoms with Crippen LogP contribution in [-0.2, 0) is 51.1 Å². The zero-order chi connectivity index (χ0) is 52.4. The number of unbranched alkanes of at least 4 members (excludes halogenated alkanes) is 11. The number of phosphoric ester groups is 2. The lowest BCUT2D eigenvalue weighted by molar-refractivity contribution is -0.188. The second kappa shape index (κ2) is 33.1. The second-order valence-electron chi connectivity index (χ2n) is 19.3. The Bertz CT molecular complexity index is 1920. The van der Waals surface area contributed by atoms with E-state index >= 15 is 0 Å². The lowest BCUT2D eigenvalue weighted by Gasteiger charge is -2.39. The third-order valence-corrected chi connectivity index (χ3v) is 15.3. The number of nitrogen functional groups attached to an aromatic ring is 1. The van der Waals surface area contributed by atoms with Crippen LogP contribution in [0.2, 0.25) is 0 Å². The Hall–Kier alpha value is -2.91. The highest BCUT2D eigenvalue weighted by Crippen LogP contribution is 2.60. The van der Waals surface area contributed by atoms with Crippen LogP contribution in [-0.4, -0.2) is 114 Å². The Morgan fingerprint density at radius 1 is 0.859 bits per heavy atom. The number of esters is 2. The van der Waals surface area contributed by atoms with Gasteiger partial charge < -0.3 is 50.2 Å². The van der Waals surface area contributed by atoms with Gasteiger partial charge in [0.15, 0.2) is 6.10 Å². The quantitative estimate of drug-likeness (QED) is 0.0285. The summed E-state index contributed by atoms with van der Waals surface area (Å²) in [7, 11) is -11.3. The zero-order valence-corrected chi connectivity index (χ0v) is 43.7. The van der Waals surface area contributed by atoms with Gasteiger partial charge >= 0.3 is 33.3 Å². The van der Waals surface area contributed by atoms with Crippen molar-refractivity contribution in [2.45, 2.75) is 211 Å². The van der Waals surface area contributed by atoms with Gasteiger partial charge in [-0.25, -0.2) is 13.9 Å². The minimum atomic E-state index is -5.71. The van der Waals surface area contributed by atoms with Crippen LogP contribution in [0.1, 0.15) is 175 Å². The first-order valence-corrected chi connectivity index (χ1v) is 28.7. The van der Waals surface area contributed by atoms with Gasteiger partial charge in [-0.3, -0.25) is 28.0 Å². The van der Waals surface area contributed by atoms with Crippen LogP contribution in [0, 0.1) is 17.8 Å². The molecule has 2 saturated heterocycles. The van der Waals surface area contributed by atoms with Crippen molar-refractivity contribution in [3.8, 4) is 0 Å². The highest BCUT2D eigenvalue weighted by atomic mass is 31.3. The van der Waals surface area contributed by atoms with Gasteiger partial charge in [-0.1, -0.05) is 136 Å². The molecule has 2 unspecified atom stereocenters. The summed E-state index contributed by atoms with van der Waals surface area (Å²) in [6.07, 6.45) is 7.19. The van der Waals surface area contributed by atoms with Crippen LogP contribution < -0.4 is 11.4 Å². The summed E-state index contributed by atoms with van der Waals surface area (Å²) in [5.74, 6) is -4.31. The molecular formula is C48H83N3O18P2. The predicted octanol–water partition coefficient (Wildman–Crippen LogP) is 6.89. The van der Waals surface area contributed by atoms with Crippen LogP contribution in [0.5, 0.6) is 0 Å². The maximum Gasteiger partial charge on any atom is 0.481 e. The Morgan fingerprint density at radius 2 is 1.48 bits per heavy atom. The molecular weight excluding hydrogens is 968 g/mol. The normalized spacial score (nSPS) is 29.9. The standard InChI is InChI=1S/C48H83N3O18P2/c1-4-5-16-22-35(52)26-27-37-39(53)30-40(54)38-23-18-14-15-19-24-43(55)64-31-36(67-44(56)25-20-13-11-9-7-6-8-10-12-17-21-34(2)3)32-65-70(60,61)69-71(62,63)66-33-41(46(58)45(37)57)68-47(38)51-29-28-42(49)50-48(51)59/h26-29,34-38,40-41,45-47,52,54,57-58H,4-25,30-33H2,1-3H3,(H,60,61)(H,62,63)(H2,49,50,59)/b27-26+/t35-,36+,37-,38-,40-,41+,45-,46+,47+/m0/s1. The first-order chi connectivity index (χ1) is 33.7. The van der Waals surface area contributed by atoms with Gasteiger partial charge in [-0.2, -0.15) is 9.29 Å². The van der Waals surface area contributed by atoms with Crippen LogP contribution in [0.15, 0.2) is 29.2 Å². The molecule has 3 rings (SSSR count). The summed E-state index contributed by atoms with van der Waals surface area (Å²) in [5.41, 5.74) is 4.78. The summed E-state index contributed by atoms with van der Waals surface area (Å²) >= 11 is 0. The molecule has 0 amide bonds. The van der Waals surface area contributed by atoms with Gasteiger partial charge in [0, 0.05) is 31.4 Å². The summed E-state index contributed by atoms with van der Waals surface area (Å²) < 4.78 is 59.0. The second-order valence-corrected chi connectivity index (χ2v) is 22.3. The molecule has 408 valence electrons. The van der Waals surface area contributed by atoms with Crippen molar-refractivity contribution in [3.63, 3.8) is 0 Å². The molecule has 2 fully saturated rings. The molecule has 3 heterocycles. The fraction of sp³-hybridized carbons (Fsp3) is 0.812. The van der Waals surface area contributed by atoms with Gasteiger partial charge in [0.1, 0.15) is 36.6 Å². The van der Waals surface area contributed by atoms with Crippen LogP contribution in [0.3, 0.4) is 0 Å². The lowest BCUT2D eigenvalue weighted by Crippen LogP contribution is -2.51. The SMILES string of the molecule is CCCCC[C@H](O)/C=C/[C@H]1C(=O)C[C@H](O)[C@@H]2CCCCCCC(=O)OC[C@@H](OC(=O)CCCCCCCCCCCCC(C)C)COP(=O)(O)OP(=O)(O)OC[C@@H](O[C@H]2n2ccc(N)nc2=O)[C@@H](O)[C@H]1O. The Balaban J connectivity index is 1.83. The highest BCUT2D eigenvalue weighted by molar-refractivity contribution is 7.61. The van der Waals surface area contributed by atoms with Crippen molar-refractivity contribution in [2.75, 3.05) is 25.6 Å². The summed E-state index contributed by atoms with van der Waals surface area (Å²) in [4.78, 5) is 78.1. The average molecular weight is 1050 g/mol. The molecule has 11 atom stereocenters. The van der Waals surface area contributed by atoms with Gasteiger partial charge in [0.25, 0.3) is 0 Å². The van der Waals surface area contributed by atoms with Crippen LogP contribution in [0.4, 0.5) is 5.82 Å². The minimum absolute atomic E-state index is 0.00542. The number of aromatic nitrogens is 2. The van der Waals surface area contributed by atoms with Gasteiger partial charge in [0.2, 0.25) is 0 Å². The summed E-state index contributed by atoms with van der Waals surface area (Å²) in [5, 5.41) is 45.7. The monoisotopic (exact) mass is 1050 g/mol. The largest absolute Gasteiger partial charge is 0.481 e. The van der Waals surface area contributed by atoms with Crippen molar-refractivity contribution in [3.05, 3.63) is 34.9 Å². The number of aliphatic hydroxyl groups is 4. The van der Waals surface area contributed by atoms with Crippen molar-refractivity contribution in [1.82, 2.24) is 9.55 Å². The molecule has 71 heavy (non-hydrogen) atoms. The molecule has 1 aromatic rings. The van der Waals surface area contributed by atoms with E-state index in [4.69, 9.17) is 29.0 Å². The fourth-order valence-electron chi connectivity index (χ4n) is 8.58. The number of ketones is 1. The van der Waals surface area contributed by atoms with Crippen molar-refractivity contribution < 1.29 is 81.3 Å². The molecule has 2 aliphatic rings. The number of hydrogen-bond donors (Lipinski definition) is 7. The highest BCUT2D eigenvalue weighted by Gasteiger charge is 2.45. The molecule has 2 aliphatic heterocycles. The molecule has 1 aromatic heterocycles. The maximum atomic E-state index is 14.0. The Kier molecular flexibility index (Phi) is 29.1. The molecule has 8 N–H and O–H groups in total. The van der Waals surface area contributed by atoms with Crippen molar-refractivity contribution in [2.24, 2.45) is 17.8 Å². The van der Waals surface area contributed by atoms with Crippen molar-refractivity contribution in [1.29, 1.82) is 0 Å². The van der Waals surface area contributed by atoms with E-state index in [1.807, 2.05) is 6.92 Å². The number of cyclic esters (lactones) is 1. The van der Waals surface area contributed by atoms with E-state index < -0.39 is 120 Å². The van der Waals surface area contributed by atoms with E-state index in [2.05, 4.69) is 23.1 Å². The van der Waals surface area contributed by atoms with E-state index in [9.17, 15) is 58.5 Å². The number of Topliss-reactive ketones (excluding diaryl/α,β-unsaturated/α-hetero) is 1. The number of fused-ring (bicyclic) bond motifs is 3. The fourth-order valence-corrected chi connectivity index (χ4v) is 10.7. The topological polar surface area (TPSA) is 323 Å². The Labute approximate surface area is 418 Å². The first kappa shape index (κ1) is 62.4. The van der Waals surface area contributed by atoms with E-state index in [1.165, 1.54) is 56.5 Å². The van der Waals surface area contributed by atoms with Crippen LogP contribution >= 0.6 is 15.6 Å². The van der Waals surface area contributed by atoms with Gasteiger partial charge in [-0.15, -0.1) is 0 Å². The number of aliphatic hydroxyl groups excluding tert-OH is 4. The number of rotatable bonds is 21. The third-order valence-electron chi connectivity index (χ3n) is 12.7. The number of anilines is 1. The smallest absolute Gasteiger partial charge is 0.462 e. The number of hydrogen-bond acceptors (Lipinski definition) is 18. The van der Waals surface area contributed by atoms with Gasteiger partial charge in [-0.05, 0) is 37.7 Å². The van der Waals surface area contributed by atoms with E-state index in [0.717, 1.165) is 55.4 Å². The number of nitrogens with zero attached hydrogens (tertiary/aromatic N) is 2. The minimum Gasteiger partial charge on any atom is -0.462 e. The molecule has 0 aliphatic carbocycles. The lowest BCUT2D eigenvalue weighted by atomic mass is 9.83. The number of carbonyl (C=O) groups is 3. The number of nitrogens with two attached hydrogens (primary N) is 1.